The Bertz CT molecular complexity index is 814. The minimum atomic E-state index is -0.214. The smallest absolute Gasteiger partial charge is 0.124 e. The first-order valence-corrected chi connectivity index (χ1v) is 8.12. The summed E-state index contributed by atoms with van der Waals surface area (Å²) in [6, 6.07) is 9.18. The zero-order valence-corrected chi connectivity index (χ0v) is 13.3. The SMILES string of the molecule is C=CC[N@@+]1(C)CCc2cc(F)cc3c2C1Cc1cccc(O)c1-3. The van der Waals surface area contributed by atoms with Gasteiger partial charge in [0.15, 0.2) is 0 Å². The zero-order chi connectivity index (χ0) is 16.2. The predicted octanol–water partition coefficient (Wildman–Crippen LogP) is 3.98. The molecule has 118 valence electrons. The van der Waals surface area contributed by atoms with Crippen LogP contribution in [-0.2, 0) is 12.8 Å². The Hall–Kier alpha value is -2.13. The molecule has 1 N–H and O–H groups in total. The standard InChI is InChI=1S/C20H20FNO/c1-3-8-22(2)9-7-14-10-15(21)12-16-19(14)17(22)11-13-5-4-6-18(23)20(13)16/h3-6,10,12,17H,1,7-9,11H2,2H3/p+1/t17?,22-/m0/s1. The molecule has 0 saturated carbocycles. The van der Waals surface area contributed by atoms with Gasteiger partial charge in [0.1, 0.15) is 17.6 Å². The largest absolute Gasteiger partial charge is 0.507 e. The molecule has 2 aromatic rings. The molecule has 2 atom stereocenters. The summed E-state index contributed by atoms with van der Waals surface area (Å²) in [4.78, 5) is 0. The highest BCUT2D eigenvalue weighted by Gasteiger charge is 2.43. The molecule has 1 aliphatic carbocycles. The van der Waals surface area contributed by atoms with Crippen LogP contribution in [0.4, 0.5) is 4.39 Å². The molecule has 0 spiro atoms. The van der Waals surface area contributed by atoms with Crippen LogP contribution in [0.5, 0.6) is 5.75 Å². The van der Waals surface area contributed by atoms with Gasteiger partial charge in [-0.3, -0.25) is 0 Å². The van der Waals surface area contributed by atoms with Gasteiger partial charge in [-0.2, -0.15) is 0 Å². The molecule has 23 heavy (non-hydrogen) atoms. The monoisotopic (exact) mass is 310 g/mol. The summed E-state index contributed by atoms with van der Waals surface area (Å²) in [6.07, 6.45) is 3.72. The summed E-state index contributed by atoms with van der Waals surface area (Å²) in [5, 5.41) is 10.4. The molecule has 0 saturated heterocycles. The van der Waals surface area contributed by atoms with Gasteiger partial charge in [0.2, 0.25) is 0 Å². The highest BCUT2D eigenvalue weighted by atomic mass is 19.1. The Morgan fingerprint density at radius 3 is 2.96 bits per heavy atom. The lowest BCUT2D eigenvalue weighted by Gasteiger charge is -2.47. The van der Waals surface area contributed by atoms with Crippen molar-refractivity contribution in [3.05, 3.63) is 65.5 Å². The molecule has 0 amide bonds. The number of rotatable bonds is 2. The fourth-order valence-electron chi connectivity index (χ4n) is 4.44. The second kappa shape index (κ2) is 4.93. The molecule has 1 unspecified atom stereocenters. The Kier molecular flexibility index (Phi) is 3.10. The van der Waals surface area contributed by atoms with Crippen molar-refractivity contribution in [2.24, 2.45) is 0 Å². The lowest BCUT2D eigenvalue weighted by atomic mass is 9.75. The Balaban J connectivity index is 2.01. The summed E-state index contributed by atoms with van der Waals surface area (Å²) in [5.74, 6) is 0.0330. The van der Waals surface area contributed by atoms with Crippen molar-refractivity contribution in [1.82, 2.24) is 0 Å². The number of phenols is 1. The van der Waals surface area contributed by atoms with Gasteiger partial charge in [-0.25, -0.2) is 4.39 Å². The quantitative estimate of drug-likeness (QED) is 0.657. The van der Waals surface area contributed by atoms with E-state index in [2.05, 4.69) is 19.7 Å². The highest BCUT2D eigenvalue weighted by molar-refractivity contribution is 5.80. The fourth-order valence-corrected chi connectivity index (χ4v) is 4.44. The van der Waals surface area contributed by atoms with E-state index in [0.717, 1.165) is 52.7 Å². The third-order valence-corrected chi connectivity index (χ3v) is 5.57. The third kappa shape index (κ3) is 2.03. The lowest BCUT2D eigenvalue weighted by molar-refractivity contribution is -0.936. The van der Waals surface area contributed by atoms with E-state index in [1.54, 1.807) is 18.2 Å². The van der Waals surface area contributed by atoms with E-state index in [1.165, 1.54) is 5.56 Å². The number of hydrogen-bond acceptors (Lipinski definition) is 1. The molecular weight excluding hydrogens is 289 g/mol. The molecule has 1 aliphatic heterocycles. The van der Waals surface area contributed by atoms with Crippen molar-refractivity contribution in [2.45, 2.75) is 18.9 Å². The van der Waals surface area contributed by atoms with Gasteiger partial charge in [-0.1, -0.05) is 18.7 Å². The van der Waals surface area contributed by atoms with E-state index in [-0.39, 0.29) is 11.6 Å². The average molecular weight is 310 g/mol. The number of fused-ring (bicyclic) bond motifs is 2. The van der Waals surface area contributed by atoms with Gasteiger partial charge in [-0.15, -0.1) is 0 Å². The van der Waals surface area contributed by atoms with Gasteiger partial charge in [-0.05, 0) is 41.0 Å². The lowest BCUT2D eigenvalue weighted by Crippen LogP contribution is -2.52. The van der Waals surface area contributed by atoms with Crippen molar-refractivity contribution in [3.63, 3.8) is 0 Å². The number of nitrogens with zero attached hydrogens (tertiary/aromatic N) is 1. The van der Waals surface area contributed by atoms with E-state index in [4.69, 9.17) is 0 Å². The van der Waals surface area contributed by atoms with Crippen LogP contribution in [0.1, 0.15) is 22.7 Å². The minimum absolute atomic E-state index is 0.214. The zero-order valence-electron chi connectivity index (χ0n) is 13.3. The Morgan fingerprint density at radius 1 is 1.35 bits per heavy atom. The van der Waals surface area contributed by atoms with Crippen LogP contribution in [0.2, 0.25) is 0 Å². The van der Waals surface area contributed by atoms with Crippen LogP contribution in [0.25, 0.3) is 11.1 Å². The van der Waals surface area contributed by atoms with Gasteiger partial charge < -0.3 is 9.59 Å². The van der Waals surface area contributed by atoms with Crippen molar-refractivity contribution < 1.29 is 14.0 Å². The Morgan fingerprint density at radius 2 is 2.17 bits per heavy atom. The van der Waals surface area contributed by atoms with Crippen LogP contribution >= 0.6 is 0 Å². The first-order chi connectivity index (χ1) is 11.0. The normalized spacial score (nSPS) is 24.7. The minimum Gasteiger partial charge on any atom is -0.507 e. The van der Waals surface area contributed by atoms with E-state index in [9.17, 15) is 9.50 Å². The predicted molar refractivity (Wildman–Crippen MR) is 89.8 cm³/mol. The maximum Gasteiger partial charge on any atom is 0.124 e. The van der Waals surface area contributed by atoms with Gasteiger partial charge in [0.25, 0.3) is 0 Å². The Labute approximate surface area is 136 Å². The molecule has 0 radical (unpaired) electrons. The van der Waals surface area contributed by atoms with Crippen LogP contribution in [0, 0.1) is 5.82 Å². The molecule has 2 aliphatic rings. The number of likely N-dealkylation sites (N-methyl/N-ethyl adjacent to an activating group) is 1. The maximum atomic E-state index is 14.2. The van der Waals surface area contributed by atoms with Gasteiger partial charge in [0, 0.05) is 24.0 Å². The number of hydrogen-bond donors (Lipinski definition) is 1. The van der Waals surface area contributed by atoms with Crippen LogP contribution < -0.4 is 0 Å². The molecule has 0 bridgehead atoms. The second-order valence-corrected chi connectivity index (χ2v) is 6.98. The summed E-state index contributed by atoms with van der Waals surface area (Å²) in [7, 11) is 2.26. The first-order valence-electron chi connectivity index (χ1n) is 8.12. The summed E-state index contributed by atoms with van der Waals surface area (Å²) in [5.41, 5.74) is 5.10. The number of halogens is 1. The summed E-state index contributed by atoms with van der Waals surface area (Å²) >= 11 is 0. The van der Waals surface area contributed by atoms with E-state index >= 15 is 0 Å². The second-order valence-electron chi connectivity index (χ2n) is 6.98. The number of quaternary nitrogens is 1. The first kappa shape index (κ1) is 14.5. The fraction of sp³-hybridized carbons (Fsp3) is 0.300. The number of benzene rings is 2. The molecule has 4 rings (SSSR count). The average Bonchev–Trinajstić information content (AvgIpc) is 2.51. The third-order valence-electron chi connectivity index (χ3n) is 5.57. The number of aromatic hydroxyl groups is 1. The van der Waals surface area contributed by atoms with Crippen LogP contribution in [-0.4, -0.2) is 29.7 Å². The molecule has 2 nitrogen and oxygen atoms in total. The van der Waals surface area contributed by atoms with Crippen molar-refractivity contribution >= 4 is 0 Å². The molecule has 3 heteroatoms. The van der Waals surface area contributed by atoms with Crippen LogP contribution in [0.15, 0.2) is 43.0 Å². The van der Waals surface area contributed by atoms with Crippen molar-refractivity contribution in [3.8, 4) is 16.9 Å². The van der Waals surface area contributed by atoms with Crippen LogP contribution in [0.3, 0.4) is 0 Å². The number of phenolic OH excluding ortho intramolecular Hbond substituents is 1. The summed E-state index contributed by atoms with van der Waals surface area (Å²) in [6.45, 7) is 5.81. The van der Waals surface area contributed by atoms with Gasteiger partial charge >= 0.3 is 0 Å². The molecule has 0 aromatic heterocycles. The molecule has 1 heterocycles. The maximum absolute atomic E-state index is 14.2. The molecule has 2 aromatic carbocycles. The summed E-state index contributed by atoms with van der Waals surface area (Å²) < 4.78 is 15.0. The van der Waals surface area contributed by atoms with Gasteiger partial charge in [0.05, 0.1) is 20.1 Å². The van der Waals surface area contributed by atoms with E-state index in [0.29, 0.717) is 6.04 Å². The van der Waals surface area contributed by atoms with E-state index in [1.807, 2.05) is 12.1 Å². The molecule has 0 fully saturated rings. The van der Waals surface area contributed by atoms with Crippen molar-refractivity contribution in [1.29, 1.82) is 0 Å². The topological polar surface area (TPSA) is 20.2 Å². The van der Waals surface area contributed by atoms with E-state index < -0.39 is 0 Å². The molecular formula is C20H21FNO+. The highest BCUT2D eigenvalue weighted by Crippen LogP contribution is 2.50. The van der Waals surface area contributed by atoms with Crippen molar-refractivity contribution in [2.75, 3.05) is 20.1 Å².